The van der Waals surface area contributed by atoms with Crippen molar-refractivity contribution in [2.24, 2.45) is 0 Å². The molecule has 3 aromatic rings. The molecule has 5 N–H and O–H groups in total. The van der Waals surface area contributed by atoms with Crippen molar-refractivity contribution < 1.29 is 23.1 Å². The number of carbonyl (C=O) groups is 1. The van der Waals surface area contributed by atoms with Gasteiger partial charge in [0.1, 0.15) is 5.75 Å². The number of nitrogens with two attached hydrogens (primary N) is 1. The number of amides is 1. The van der Waals surface area contributed by atoms with Gasteiger partial charge in [-0.15, -0.1) is 0 Å². The summed E-state index contributed by atoms with van der Waals surface area (Å²) in [6.45, 7) is 4.29. The van der Waals surface area contributed by atoms with Crippen LogP contribution in [0.3, 0.4) is 0 Å². The van der Waals surface area contributed by atoms with Crippen molar-refractivity contribution in [3.63, 3.8) is 0 Å². The van der Waals surface area contributed by atoms with Crippen molar-refractivity contribution >= 4 is 27.2 Å². The Morgan fingerprint density at radius 3 is 2.59 bits per heavy atom. The van der Waals surface area contributed by atoms with Gasteiger partial charge in [-0.2, -0.15) is 0 Å². The van der Waals surface area contributed by atoms with E-state index in [-0.39, 0.29) is 22.8 Å². The van der Waals surface area contributed by atoms with Gasteiger partial charge in [0, 0.05) is 17.7 Å². The number of hydrogen-bond acceptors (Lipinski definition) is 9. The minimum absolute atomic E-state index is 0.0333. The summed E-state index contributed by atoms with van der Waals surface area (Å²) in [7, 11) is -1.90. The molecule has 0 radical (unpaired) electrons. The third-order valence-electron chi connectivity index (χ3n) is 7.32. The molecule has 2 aliphatic heterocycles. The zero-order valence-electron chi connectivity index (χ0n) is 23.8. The van der Waals surface area contributed by atoms with Gasteiger partial charge in [0.05, 0.1) is 39.9 Å². The Kier molecular flexibility index (Phi) is 9.62. The van der Waals surface area contributed by atoms with Crippen molar-refractivity contribution in [3.05, 3.63) is 59.9 Å². The van der Waals surface area contributed by atoms with Gasteiger partial charge in [-0.1, -0.05) is 43.5 Å². The standard InChI is InChI=1S/C30H39N5O5S/c1-30(2)17-22(36)10-6-4-5-7-16-40-27-21(18-32-3)9-8-11-24(27)35-29(37)26-28(31)33-19-25(34-26)20-12-14-23(15-13-20)41(30,38)39/h8-9,11-15,19,22,32,36H,4-7,10,16-18H2,1-3H3,(H2,31,33)(H,35,37)/t22-/m0/s1. The molecule has 0 saturated heterocycles. The van der Waals surface area contributed by atoms with Crippen molar-refractivity contribution in [2.75, 3.05) is 24.7 Å². The molecule has 1 atom stereocenters. The number of ether oxygens (including phenoxy) is 1. The number of para-hydroxylation sites is 1. The van der Waals surface area contributed by atoms with Gasteiger partial charge in [0.2, 0.25) is 0 Å². The quantitative estimate of drug-likeness (QED) is 0.346. The highest BCUT2D eigenvalue weighted by atomic mass is 32.2. The van der Waals surface area contributed by atoms with Crippen LogP contribution in [-0.4, -0.2) is 53.9 Å². The number of nitrogens with zero attached hydrogens (tertiary/aromatic N) is 2. The predicted octanol–water partition coefficient (Wildman–Crippen LogP) is 4.34. The Hall–Kier alpha value is -3.54. The normalized spacial score (nSPS) is 19.6. The lowest BCUT2D eigenvalue weighted by Crippen LogP contribution is -2.36. The first kappa shape index (κ1) is 30.4. The van der Waals surface area contributed by atoms with Gasteiger partial charge in [-0.25, -0.2) is 18.4 Å². The number of carbonyl (C=O) groups excluding carboxylic acids is 1. The molecule has 0 aliphatic carbocycles. The average Bonchev–Trinajstić information content (AvgIpc) is 2.93. The van der Waals surface area contributed by atoms with E-state index in [1.807, 2.05) is 19.2 Å². The van der Waals surface area contributed by atoms with E-state index < -0.39 is 26.6 Å². The number of nitrogen functional groups attached to an aromatic ring is 1. The Bertz CT molecular complexity index is 1480. The van der Waals surface area contributed by atoms with E-state index in [2.05, 4.69) is 20.6 Å². The highest BCUT2D eigenvalue weighted by molar-refractivity contribution is 7.92. The fraction of sp³-hybridized carbons (Fsp3) is 0.433. The molecule has 3 heterocycles. The van der Waals surface area contributed by atoms with Crippen LogP contribution in [0.25, 0.3) is 11.3 Å². The third-order valence-corrected chi connectivity index (χ3v) is 9.84. The van der Waals surface area contributed by atoms with Crippen LogP contribution in [0.2, 0.25) is 0 Å². The van der Waals surface area contributed by atoms with Crippen LogP contribution >= 0.6 is 0 Å². The summed E-state index contributed by atoms with van der Waals surface area (Å²) in [6, 6.07) is 11.8. The summed E-state index contributed by atoms with van der Waals surface area (Å²) in [5, 5.41) is 16.7. The van der Waals surface area contributed by atoms with E-state index in [4.69, 9.17) is 10.5 Å². The Labute approximate surface area is 241 Å². The van der Waals surface area contributed by atoms with Gasteiger partial charge in [0.15, 0.2) is 21.3 Å². The van der Waals surface area contributed by atoms with E-state index in [9.17, 15) is 18.3 Å². The number of aromatic nitrogens is 2. The molecule has 1 aromatic heterocycles. The van der Waals surface area contributed by atoms with E-state index in [0.29, 0.717) is 42.3 Å². The van der Waals surface area contributed by atoms with Crippen molar-refractivity contribution in [1.82, 2.24) is 15.3 Å². The number of aliphatic hydroxyl groups is 1. The molecule has 220 valence electrons. The SMILES string of the molecule is CNCc1cccc2c1OCCCCCC[C@H](O)CC(C)(C)S(=O)(=O)c1ccc(cc1)-c1cnc(N)c(n1)C(=O)N2. The molecule has 41 heavy (non-hydrogen) atoms. The number of aliphatic hydroxyl groups excluding tert-OH is 1. The maximum Gasteiger partial charge on any atom is 0.278 e. The lowest BCUT2D eigenvalue weighted by atomic mass is 10.00. The van der Waals surface area contributed by atoms with E-state index in [0.717, 1.165) is 31.2 Å². The number of rotatable bonds is 2. The minimum Gasteiger partial charge on any atom is -0.491 e. The van der Waals surface area contributed by atoms with Gasteiger partial charge >= 0.3 is 0 Å². The van der Waals surface area contributed by atoms with E-state index >= 15 is 0 Å². The summed E-state index contributed by atoms with van der Waals surface area (Å²) in [5.74, 6) is 0.00786. The van der Waals surface area contributed by atoms with Crippen molar-refractivity contribution in [2.45, 2.75) is 74.7 Å². The number of hydrogen-bond donors (Lipinski definition) is 4. The van der Waals surface area contributed by atoms with Crippen LogP contribution in [0, 0.1) is 0 Å². The number of sulfone groups is 1. The van der Waals surface area contributed by atoms with E-state index in [1.165, 1.54) is 18.3 Å². The Morgan fingerprint density at radius 2 is 1.85 bits per heavy atom. The predicted molar refractivity (Wildman–Crippen MR) is 160 cm³/mol. The van der Waals surface area contributed by atoms with Crippen LogP contribution in [-0.2, 0) is 16.4 Å². The molecule has 5 rings (SSSR count). The maximum absolute atomic E-state index is 13.5. The molecular formula is C30H39N5O5S. The second-order valence-electron chi connectivity index (χ2n) is 11.0. The van der Waals surface area contributed by atoms with Crippen LogP contribution in [0.1, 0.15) is 68.4 Å². The lowest BCUT2D eigenvalue weighted by Gasteiger charge is -2.27. The van der Waals surface area contributed by atoms with Gasteiger partial charge < -0.3 is 26.2 Å². The zero-order chi connectivity index (χ0) is 29.6. The second kappa shape index (κ2) is 13.0. The fourth-order valence-corrected chi connectivity index (χ4v) is 6.53. The van der Waals surface area contributed by atoms with Crippen molar-refractivity contribution in [1.29, 1.82) is 0 Å². The molecule has 11 heteroatoms. The molecule has 4 bridgehead atoms. The number of anilines is 2. The highest BCUT2D eigenvalue weighted by Crippen LogP contribution is 2.33. The second-order valence-corrected chi connectivity index (χ2v) is 13.5. The summed E-state index contributed by atoms with van der Waals surface area (Å²) >= 11 is 0. The summed E-state index contributed by atoms with van der Waals surface area (Å²) in [5.41, 5.74) is 8.33. The topological polar surface area (TPSA) is 157 Å². The number of fused-ring (bicyclic) bond motifs is 13. The van der Waals surface area contributed by atoms with Crippen LogP contribution in [0.4, 0.5) is 11.5 Å². The monoisotopic (exact) mass is 581 g/mol. The maximum atomic E-state index is 13.5. The first-order valence-electron chi connectivity index (χ1n) is 13.9. The molecule has 0 fully saturated rings. The Balaban J connectivity index is 1.72. The molecule has 1 amide bonds. The Morgan fingerprint density at radius 1 is 1.12 bits per heavy atom. The first-order valence-corrected chi connectivity index (χ1v) is 15.4. The molecule has 0 unspecified atom stereocenters. The largest absolute Gasteiger partial charge is 0.491 e. The van der Waals surface area contributed by atoms with Gasteiger partial charge in [-0.3, -0.25) is 4.79 Å². The molecule has 10 nitrogen and oxygen atoms in total. The lowest BCUT2D eigenvalue weighted by molar-refractivity contribution is 0.102. The smallest absolute Gasteiger partial charge is 0.278 e. The fourth-order valence-electron chi connectivity index (χ4n) is 4.98. The molecule has 0 spiro atoms. The summed E-state index contributed by atoms with van der Waals surface area (Å²) < 4.78 is 31.9. The molecule has 2 aromatic carbocycles. The molecular weight excluding hydrogens is 542 g/mol. The average molecular weight is 582 g/mol. The van der Waals surface area contributed by atoms with E-state index in [1.54, 1.807) is 32.0 Å². The minimum atomic E-state index is -3.74. The first-order chi connectivity index (χ1) is 19.5. The molecule has 0 saturated carbocycles. The molecule has 2 aliphatic rings. The number of nitrogens with one attached hydrogen (secondary N) is 2. The zero-order valence-corrected chi connectivity index (χ0v) is 24.6. The van der Waals surface area contributed by atoms with Crippen LogP contribution in [0.5, 0.6) is 5.75 Å². The van der Waals surface area contributed by atoms with Gasteiger partial charge in [0.25, 0.3) is 5.91 Å². The summed E-state index contributed by atoms with van der Waals surface area (Å²) in [6.07, 6.45) is 4.70. The van der Waals surface area contributed by atoms with Crippen LogP contribution in [0.15, 0.2) is 53.6 Å². The summed E-state index contributed by atoms with van der Waals surface area (Å²) in [4.78, 5) is 22.1. The third kappa shape index (κ3) is 7.03. The highest BCUT2D eigenvalue weighted by Gasteiger charge is 2.37. The van der Waals surface area contributed by atoms with Gasteiger partial charge in [-0.05, 0) is 58.4 Å². The van der Waals surface area contributed by atoms with Crippen LogP contribution < -0.4 is 21.1 Å². The van der Waals surface area contributed by atoms with Crippen molar-refractivity contribution in [3.8, 4) is 17.0 Å². The number of benzene rings is 2.